The SMILES string of the molecule is Cc1ccc(NC(=O)c2cc(C(F)(F)F)ccc2N(C)CCCN(C)C)cc1-c1ccc2nc(N)ncc2c1. The van der Waals surface area contributed by atoms with Crippen molar-refractivity contribution in [2.24, 2.45) is 0 Å². The standard InChI is InChI=1S/C29H31F3N6O/c1-18-6-9-22(16-23(18)19-7-10-25-20(14-19)17-34-28(33)36-25)35-27(39)24-15-21(29(30,31)32)8-11-26(24)38(4)13-5-12-37(2)3/h6-11,14-17H,5,12-13H2,1-4H3,(H,35,39)(H2,33,34,36). The normalized spacial score (nSPS) is 11.7. The number of halogens is 3. The Balaban J connectivity index is 1.65. The number of amides is 1. The number of nitrogen functional groups attached to an aromatic ring is 1. The summed E-state index contributed by atoms with van der Waals surface area (Å²) < 4.78 is 40.6. The molecule has 0 radical (unpaired) electrons. The van der Waals surface area contributed by atoms with Crippen molar-refractivity contribution in [1.29, 1.82) is 0 Å². The predicted octanol–water partition coefficient (Wildman–Crippen LogP) is 5.85. The van der Waals surface area contributed by atoms with Gasteiger partial charge in [0, 0.05) is 36.6 Å². The number of anilines is 3. The van der Waals surface area contributed by atoms with Gasteiger partial charge in [0.05, 0.1) is 16.6 Å². The molecule has 1 aromatic heterocycles. The van der Waals surface area contributed by atoms with Crippen molar-refractivity contribution in [3.05, 3.63) is 77.5 Å². The molecule has 0 bridgehead atoms. The summed E-state index contributed by atoms with van der Waals surface area (Å²) in [6, 6.07) is 14.3. The van der Waals surface area contributed by atoms with Crippen LogP contribution in [0.2, 0.25) is 0 Å². The van der Waals surface area contributed by atoms with Crippen LogP contribution in [0.15, 0.2) is 60.8 Å². The molecular formula is C29H31F3N6O. The van der Waals surface area contributed by atoms with Crippen LogP contribution in [0.3, 0.4) is 0 Å². The molecule has 0 atom stereocenters. The second-order valence-electron chi connectivity index (χ2n) is 9.79. The number of aryl methyl sites for hydroxylation is 1. The molecule has 3 aromatic carbocycles. The van der Waals surface area contributed by atoms with Crippen LogP contribution in [0.5, 0.6) is 0 Å². The lowest BCUT2D eigenvalue weighted by atomic mass is 9.98. The van der Waals surface area contributed by atoms with Gasteiger partial charge in [-0.3, -0.25) is 4.79 Å². The van der Waals surface area contributed by atoms with Crippen molar-refractivity contribution in [1.82, 2.24) is 14.9 Å². The van der Waals surface area contributed by atoms with Gasteiger partial charge in [-0.25, -0.2) is 9.97 Å². The molecule has 39 heavy (non-hydrogen) atoms. The maximum absolute atomic E-state index is 13.5. The summed E-state index contributed by atoms with van der Waals surface area (Å²) in [6.07, 6.45) is -2.14. The molecule has 0 aliphatic heterocycles. The highest BCUT2D eigenvalue weighted by atomic mass is 19.4. The number of nitrogens with zero attached hydrogens (tertiary/aromatic N) is 4. The van der Waals surface area contributed by atoms with E-state index in [-0.39, 0.29) is 11.5 Å². The van der Waals surface area contributed by atoms with Gasteiger partial charge >= 0.3 is 6.18 Å². The molecule has 1 amide bonds. The predicted molar refractivity (Wildman–Crippen MR) is 150 cm³/mol. The summed E-state index contributed by atoms with van der Waals surface area (Å²) in [5.74, 6) is -0.429. The lowest BCUT2D eigenvalue weighted by Crippen LogP contribution is -2.26. The average Bonchev–Trinajstić information content (AvgIpc) is 2.88. The van der Waals surface area contributed by atoms with E-state index in [4.69, 9.17) is 5.73 Å². The van der Waals surface area contributed by atoms with E-state index in [1.54, 1.807) is 25.4 Å². The van der Waals surface area contributed by atoms with Crippen LogP contribution in [-0.4, -0.2) is 55.0 Å². The molecule has 0 saturated heterocycles. The first-order chi connectivity index (χ1) is 18.4. The molecule has 0 aliphatic carbocycles. The van der Waals surface area contributed by atoms with E-state index in [0.717, 1.165) is 47.2 Å². The van der Waals surface area contributed by atoms with Crippen LogP contribution in [0.4, 0.5) is 30.5 Å². The average molecular weight is 537 g/mol. The molecular weight excluding hydrogens is 505 g/mol. The number of aromatic nitrogens is 2. The fourth-order valence-corrected chi connectivity index (χ4v) is 4.40. The quantitative estimate of drug-likeness (QED) is 0.294. The summed E-state index contributed by atoms with van der Waals surface area (Å²) >= 11 is 0. The topological polar surface area (TPSA) is 87.4 Å². The number of alkyl halides is 3. The summed E-state index contributed by atoms with van der Waals surface area (Å²) in [7, 11) is 5.68. The molecule has 0 fully saturated rings. The highest BCUT2D eigenvalue weighted by Crippen LogP contribution is 2.34. The molecule has 0 aliphatic rings. The van der Waals surface area contributed by atoms with Crippen molar-refractivity contribution in [2.75, 3.05) is 50.2 Å². The fraction of sp³-hybridized carbons (Fsp3) is 0.276. The molecule has 0 saturated carbocycles. The highest BCUT2D eigenvalue weighted by Gasteiger charge is 2.32. The van der Waals surface area contributed by atoms with E-state index in [2.05, 4.69) is 15.3 Å². The van der Waals surface area contributed by atoms with Crippen LogP contribution in [0.25, 0.3) is 22.0 Å². The van der Waals surface area contributed by atoms with Gasteiger partial charge in [0.15, 0.2) is 0 Å². The number of carbonyl (C=O) groups is 1. The first-order valence-corrected chi connectivity index (χ1v) is 12.4. The van der Waals surface area contributed by atoms with Crippen molar-refractivity contribution in [3.8, 4) is 11.1 Å². The summed E-state index contributed by atoms with van der Waals surface area (Å²) in [4.78, 5) is 25.5. The van der Waals surface area contributed by atoms with Crippen molar-refractivity contribution >= 4 is 34.1 Å². The van der Waals surface area contributed by atoms with Crippen LogP contribution in [0.1, 0.15) is 27.9 Å². The number of hydrogen-bond acceptors (Lipinski definition) is 6. The summed E-state index contributed by atoms with van der Waals surface area (Å²) in [5.41, 5.74) is 9.07. The highest BCUT2D eigenvalue weighted by molar-refractivity contribution is 6.08. The van der Waals surface area contributed by atoms with Gasteiger partial charge in [0.2, 0.25) is 5.95 Å². The molecule has 7 nitrogen and oxygen atoms in total. The zero-order valence-electron chi connectivity index (χ0n) is 22.3. The summed E-state index contributed by atoms with van der Waals surface area (Å²) in [5, 5.41) is 3.61. The number of rotatable bonds is 8. The van der Waals surface area contributed by atoms with Crippen molar-refractivity contribution < 1.29 is 18.0 Å². The number of benzene rings is 3. The second-order valence-corrected chi connectivity index (χ2v) is 9.79. The van der Waals surface area contributed by atoms with Gasteiger partial charge in [-0.2, -0.15) is 13.2 Å². The lowest BCUT2D eigenvalue weighted by Gasteiger charge is -2.24. The van der Waals surface area contributed by atoms with Crippen molar-refractivity contribution in [2.45, 2.75) is 19.5 Å². The minimum atomic E-state index is -4.57. The van der Waals surface area contributed by atoms with Gasteiger partial charge in [0.25, 0.3) is 5.91 Å². The summed E-state index contributed by atoms with van der Waals surface area (Å²) in [6.45, 7) is 3.33. The number of nitrogens with one attached hydrogen (secondary N) is 1. The molecule has 204 valence electrons. The molecule has 1 heterocycles. The Morgan fingerprint density at radius 3 is 2.49 bits per heavy atom. The fourth-order valence-electron chi connectivity index (χ4n) is 4.40. The number of fused-ring (bicyclic) bond motifs is 1. The molecule has 4 rings (SSSR count). The Morgan fingerprint density at radius 2 is 1.77 bits per heavy atom. The molecule has 0 unspecified atom stereocenters. The van der Waals surface area contributed by atoms with Crippen LogP contribution >= 0.6 is 0 Å². The minimum Gasteiger partial charge on any atom is -0.374 e. The van der Waals surface area contributed by atoms with E-state index < -0.39 is 17.6 Å². The van der Waals surface area contributed by atoms with Gasteiger partial charge < -0.3 is 20.9 Å². The number of hydrogen-bond donors (Lipinski definition) is 2. The van der Waals surface area contributed by atoms with E-state index in [0.29, 0.717) is 23.4 Å². The Kier molecular flexibility index (Phi) is 8.06. The molecule has 10 heteroatoms. The first kappa shape index (κ1) is 27.8. The third-order valence-corrected chi connectivity index (χ3v) is 6.48. The monoisotopic (exact) mass is 536 g/mol. The largest absolute Gasteiger partial charge is 0.416 e. The maximum atomic E-state index is 13.5. The Bertz CT molecular complexity index is 1500. The van der Waals surface area contributed by atoms with Crippen LogP contribution in [0, 0.1) is 6.92 Å². The number of nitrogens with two attached hydrogens (primary N) is 1. The Morgan fingerprint density at radius 1 is 1.00 bits per heavy atom. The third-order valence-electron chi connectivity index (χ3n) is 6.48. The second kappa shape index (κ2) is 11.3. The minimum absolute atomic E-state index is 0.0419. The van der Waals surface area contributed by atoms with Gasteiger partial charge in [-0.1, -0.05) is 12.1 Å². The lowest BCUT2D eigenvalue weighted by molar-refractivity contribution is -0.137. The van der Waals surface area contributed by atoms with E-state index in [1.165, 1.54) is 6.07 Å². The van der Waals surface area contributed by atoms with E-state index in [1.807, 2.05) is 55.1 Å². The van der Waals surface area contributed by atoms with Crippen LogP contribution < -0.4 is 16.0 Å². The zero-order valence-corrected chi connectivity index (χ0v) is 22.3. The maximum Gasteiger partial charge on any atom is 0.416 e. The van der Waals surface area contributed by atoms with Gasteiger partial charge in [-0.15, -0.1) is 0 Å². The van der Waals surface area contributed by atoms with E-state index in [9.17, 15) is 18.0 Å². The molecule has 0 spiro atoms. The smallest absolute Gasteiger partial charge is 0.374 e. The Hall–Kier alpha value is -4.18. The zero-order chi connectivity index (χ0) is 28.3. The Labute approximate surface area is 225 Å². The molecule has 4 aromatic rings. The van der Waals surface area contributed by atoms with Gasteiger partial charge in [-0.05, 0) is 93.1 Å². The van der Waals surface area contributed by atoms with Crippen molar-refractivity contribution in [3.63, 3.8) is 0 Å². The third kappa shape index (κ3) is 6.64. The van der Waals surface area contributed by atoms with Gasteiger partial charge in [0.1, 0.15) is 0 Å². The number of carbonyl (C=O) groups excluding carboxylic acids is 1. The first-order valence-electron chi connectivity index (χ1n) is 12.4. The van der Waals surface area contributed by atoms with E-state index >= 15 is 0 Å². The molecule has 3 N–H and O–H groups in total. The van der Waals surface area contributed by atoms with Crippen LogP contribution in [-0.2, 0) is 6.18 Å².